The molecule has 0 aliphatic heterocycles. The van der Waals surface area contributed by atoms with Crippen molar-refractivity contribution in [1.29, 1.82) is 0 Å². The minimum absolute atomic E-state index is 0.725. The zero-order chi connectivity index (χ0) is 14.4. The fraction of sp³-hybridized carbons (Fsp3) is 0.833. The molecule has 4 rings (SSSR count). The molecule has 2 bridgehead atoms. The van der Waals surface area contributed by atoms with Crippen molar-refractivity contribution in [3.05, 3.63) is 17.8 Å². The summed E-state index contributed by atoms with van der Waals surface area (Å²) in [6.07, 6.45) is 8.58. The van der Waals surface area contributed by atoms with Crippen molar-refractivity contribution in [3.8, 4) is 0 Å². The maximum absolute atomic E-state index is 6.06. The molecular weight excluding hydrogens is 260 g/mol. The van der Waals surface area contributed by atoms with Crippen molar-refractivity contribution >= 4 is 0 Å². The van der Waals surface area contributed by atoms with Gasteiger partial charge in [-0.3, -0.25) is 0 Å². The normalized spacial score (nSPS) is 36.4. The van der Waals surface area contributed by atoms with Crippen LogP contribution in [0, 0.1) is 29.6 Å². The second kappa shape index (κ2) is 5.42. The Labute approximate surface area is 127 Å². The first-order chi connectivity index (χ1) is 10.2. The molecule has 1 N–H and O–H groups in total. The predicted molar refractivity (Wildman–Crippen MR) is 83.1 cm³/mol. The van der Waals surface area contributed by atoms with Gasteiger partial charge in [-0.1, -0.05) is 13.8 Å². The van der Waals surface area contributed by atoms with Crippen molar-refractivity contribution in [1.82, 2.24) is 10.3 Å². The molecule has 3 nitrogen and oxygen atoms in total. The van der Waals surface area contributed by atoms with Gasteiger partial charge in [0.05, 0.1) is 6.20 Å². The van der Waals surface area contributed by atoms with Crippen LogP contribution >= 0.6 is 0 Å². The zero-order valence-electron chi connectivity index (χ0n) is 13.3. The summed E-state index contributed by atoms with van der Waals surface area (Å²) < 4.78 is 6.06. The summed E-state index contributed by atoms with van der Waals surface area (Å²) in [5, 5.41) is 3.48. The third-order valence-corrected chi connectivity index (χ3v) is 5.93. The summed E-state index contributed by atoms with van der Waals surface area (Å²) in [5.41, 5.74) is 0. The Morgan fingerprint density at radius 2 is 2.05 bits per heavy atom. The molecule has 116 valence electrons. The van der Waals surface area contributed by atoms with Gasteiger partial charge in [-0.15, -0.1) is 0 Å². The molecule has 4 unspecified atom stereocenters. The summed E-state index contributed by atoms with van der Waals surface area (Å²) in [5.74, 6) is 7.55. The van der Waals surface area contributed by atoms with E-state index in [4.69, 9.17) is 4.42 Å². The van der Waals surface area contributed by atoms with E-state index < -0.39 is 0 Å². The summed E-state index contributed by atoms with van der Waals surface area (Å²) in [4.78, 5) is 4.51. The number of nitrogens with zero attached hydrogens (tertiary/aromatic N) is 1. The monoisotopic (exact) mass is 288 g/mol. The Balaban J connectivity index is 1.25. The summed E-state index contributed by atoms with van der Waals surface area (Å²) in [6.45, 7) is 6.65. The predicted octanol–water partition coefficient (Wildman–Crippen LogP) is 3.61. The van der Waals surface area contributed by atoms with E-state index in [9.17, 15) is 0 Å². The first-order valence-electron chi connectivity index (χ1n) is 8.89. The summed E-state index contributed by atoms with van der Waals surface area (Å²) >= 11 is 0. The van der Waals surface area contributed by atoms with Crippen LogP contribution in [0.2, 0.25) is 0 Å². The van der Waals surface area contributed by atoms with Crippen molar-refractivity contribution in [3.63, 3.8) is 0 Å². The van der Waals surface area contributed by atoms with Crippen LogP contribution in [-0.4, -0.2) is 18.1 Å². The molecule has 1 aromatic heterocycles. The molecule has 3 saturated carbocycles. The van der Waals surface area contributed by atoms with Crippen LogP contribution in [0.4, 0.5) is 0 Å². The van der Waals surface area contributed by atoms with Crippen LogP contribution in [0.15, 0.2) is 10.6 Å². The largest absolute Gasteiger partial charge is 0.445 e. The quantitative estimate of drug-likeness (QED) is 0.779. The van der Waals surface area contributed by atoms with E-state index >= 15 is 0 Å². The van der Waals surface area contributed by atoms with Gasteiger partial charge in [0, 0.05) is 12.3 Å². The third kappa shape index (κ3) is 2.54. The number of nitrogens with one attached hydrogen (secondary N) is 1. The molecule has 1 heterocycles. The molecule has 0 aromatic carbocycles. The molecule has 3 aliphatic carbocycles. The van der Waals surface area contributed by atoms with E-state index in [0.29, 0.717) is 0 Å². The Hall–Kier alpha value is -0.830. The van der Waals surface area contributed by atoms with Gasteiger partial charge >= 0.3 is 0 Å². The van der Waals surface area contributed by atoms with E-state index in [2.05, 4.69) is 24.1 Å². The van der Waals surface area contributed by atoms with E-state index in [0.717, 1.165) is 67.3 Å². The number of rotatable bonds is 7. The minimum atomic E-state index is 0.725. The SMILES string of the molecule is CC(C)CNCCCc1ncc(C2C3C4CCC(C4)C23)o1. The van der Waals surface area contributed by atoms with Crippen molar-refractivity contribution in [2.24, 2.45) is 29.6 Å². The zero-order valence-corrected chi connectivity index (χ0v) is 13.3. The number of oxazole rings is 1. The van der Waals surface area contributed by atoms with Crippen LogP contribution in [0.5, 0.6) is 0 Å². The van der Waals surface area contributed by atoms with Gasteiger partial charge in [0.1, 0.15) is 5.76 Å². The second-order valence-corrected chi connectivity index (χ2v) is 7.87. The third-order valence-electron chi connectivity index (χ3n) is 5.93. The van der Waals surface area contributed by atoms with Crippen LogP contribution < -0.4 is 5.32 Å². The Bertz CT molecular complexity index is 479. The van der Waals surface area contributed by atoms with Crippen molar-refractivity contribution in [2.45, 2.75) is 51.9 Å². The highest BCUT2D eigenvalue weighted by molar-refractivity contribution is 5.25. The van der Waals surface area contributed by atoms with Crippen LogP contribution in [0.3, 0.4) is 0 Å². The Kier molecular flexibility index (Phi) is 3.56. The first kappa shape index (κ1) is 13.8. The van der Waals surface area contributed by atoms with E-state index in [-0.39, 0.29) is 0 Å². The van der Waals surface area contributed by atoms with Crippen LogP contribution in [0.25, 0.3) is 0 Å². The topological polar surface area (TPSA) is 38.1 Å². The number of hydrogen-bond donors (Lipinski definition) is 1. The molecule has 1 aromatic rings. The lowest BCUT2D eigenvalue weighted by Crippen LogP contribution is -2.21. The molecule has 0 saturated heterocycles. The number of aryl methyl sites for hydroxylation is 1. The molecule has 3 fully saturated rings. The van der Waals surface area contributed by atoms with Gasteiger partial charge in [0.15, 0.2) is 5.89 Å². The Morgan fingerprint density at radius 3 is 2.76 bits per heavy atom. The second-order valence-electron chi connectivity index (χ2n) is 7.87. The molecular formula is C18H28N2O. The maximum atomic E-state index is 6.06. The molecule has 3 heteroatoms. The lowest BCUT2D eigenvalue weighted by Gasteiger charge is -2.06. The van der Waals surface area contributed by atoms with Gasteiger partial charge in [-0.25, -0.2) is 4.98 Å². The molecule has 3 aliphatic rings. The fourth-order valence-electron chi connectivity index (χ4n) is 5.05. The summed E-state index contributed by atoms with van der Waals surface area (Å²) in [7, 11) is 0. The van der Waals surface area contributed by atoms with Gasteiger partial charge in [-0.2, -0.15) is 0 Å². The van der Waals surface area contributed by atoms with Crippen LogP contribution in [0.1, 0.15) is 57.1 Å². The highest BCUT2D eigenvalue weighted by Crippen LogP contribution is 2.73. The number of hydrogen-bond acceptors (Lipinski definition) is 3. The molecule has 4 atom stereocenters. The number of fused-ring (bicyclic) bond motifs is 5. The smallest absolute Gasteiger partial charge is 0.194 e. The maximum Gasteiger partial charge on any atom is 0.194 e. The molecule has 0 radical (unpaired) electrons. The minimum Gasteiger partial charge on any atom is -0.445 e. The van der Waals surface area contributed by atoms with Crippen molar-refractivity contribution in [2.75, 3.05) is 13.1 Å². The lowest BCUT2D eigenvalue weighted by molar-refractivity contribution is 0.411. The first-order valence-corrected chi connectivity index (χ1v) is 8.89. The Morgan fingerprint density at radius 1 is 1.29 bits per heavy atom. The van der Waals surface area contributed by atoms with E-state index in [1.165, 1.54) is 25.0 Å². The average molecular weight is 288 g/mol. The van der Waals surface area contributed by atoms with Gasteiger partial charge in [0.25, 0.3) is 0 Å². The van der Waals surface area contributed by atoms with Gasteiger partial charge in [-0.05, 0) is 68.4 Å². The van der Waals surface area contributed by atoms with E-state index in [1.54, 1.807) is 0 Å². The van der Waals surface area contributed by atoms with Gasteiger partial charge in [0.2, 0.25) is 0 Å². The molecule has 0 spiro atoms. The highest BCUT2D eigenvalue weighted by Gasteiger charge is 2.66. The van der Waals surface area contributed by atoms with Crippen LogP contribution in [-0.2, 0) is 6.42 Å². The molecule has 21 heavy (non-hydrogen) atoms. The summed E-state index contributed by atoms with van der Waals surface area (Å²) in [6, 6.07) is 0. The fourth-order valence-corrected chi connectivity index (χ4v) is 5.05. The lowest BCUT2D eigenvalue weighted by atomic mass is 10.0. The number of aromatic nitrogens is 1. The standard InChI is InChI=1S/C18H28N2O/c1-11(2)9-19-7-3-4-15-20-10-14(21-15)18-16-12-5-6-13(8-12)17(16)18/h10-13,16-19H,3-9H2,1-2H3. The molecule has 0 amide bonds. The average Bonchev–Trinajstić information content (AvgIpc) is 2.86. The van der Waals surface area contributed by atoms with Gasteiger partial charge < -0.3 is 9.73 Å². The van der Waals surface area contributed by atoms with Crippen molar-refractivity contribution < 1.29 is 4.42 Å². The highest BCUT2D eigenvalue weighted by atomic mass is 16.4. The van der Waals surface area contributed by atoms with E-state index in [1.807, 2.05) is 6.20 Å².